The molecule has 0 unspecified atom stereocenters. The second kappa shape index (κ2) is 5.33. The van der Waals surface area contributed by atoms with Crippen LogP contribution in [0.25, 0.3) is 0 Å². The normalized spacial score (nSPS) is 12.6. The van der Waals surface area contributed by atoms with Crippen LogP contribution in [0.4, 0.5) is 0 Å². The van der Waals surface area contributed by atoms with Gasteiger partial charge in [0.15, 0.2) is 0 Å². The maximum Gasteiger partial charge on any atom is 0.281 e. The van der Waals surface area contributed by atoms with Gasteiger partial charge in [-0.1, -0.05) is 25.1 Å². The van der Waals surface area contributed by atoms with E-state index in [1.165, 1.54) is 11.8 Å². The Morgan fingerprint density at radius 1 is 1.35 bits per heavy atom. The summed E-state index contributed by atoms with van der Waals surface area (Å²) >= 11 is 1.46. The summed E-state index contributed by atoms with van der Waals surface area (Å²) in [6, 6.07) is 8.09. The van der Waals surface area contributed by atoms with E-state index in [9.17, 15) is 0 Å². The molecule has 2 N–H and O–H groups in total. The second-order valence-corrected chi connectivity index (χ2v) is 4.73. The highest BCUT2D eigenvalue weighted by molar-refractivity contribution is 7.99. The van der Waals surface area contributed by atoms with Crippen molar-refractivity contribution in [3.63, 3.8) is 0 Å². The van der Waals surface area contributed by atoms with Gasteiger partial charge in [-0.05, 0) is 29.8 Å². The van der Waals surface area contributed by atoms with Gasteiger partial charge in [-0.2, -0.15) is 0 Å². The number of hydrogen-bond acceptors (Lipinski definition) is 5. The van der Waals surface area contributed by atoms with Crippen LogP contribution in [0.3, 0.4) is 0 Å². The van der Waals surface area contributed by atoms with E-state index in [0.717, 1.165) is 16.9 Å². The largest absolute Gasteiger partial charge is 0.416 e. The third kappa shape index (κ3) is 2.87. The SMILES string of the molecule is CC[C@H](N)c1ccccc1Sc1nnc(C)o1. The van der Waals surface area contributed by atoms with Crippen molar-refractivity contribution in [2.24, 2.45) is 5.73 Å². The van der Waals surface area contributed by atoms with Gasteiger partial charge in [0.25, 0.3) is 5.22 Å². The lowest BCUT2D eigenvalue weighted by Crippen LogP contribution is -2.09. The summed E-state index contributed by atoms with van der Waals surface area (Å²) < 4.78 is 5.36. The summed E-state index contributed by atoms with van der Waals surface area (Å²) in [4.78, 5) is 1.07. The van der Waals surface area contributed by atoms with Gasteiger partial charge in [0.2, 0.25) is 5.89 Å². The van der Waals surface area contributed by atoms with Crippen molar-refractivity contribution < 1.29 is 4.42 Å². The fraction of sp³-hybridized carbons (Fsp3) is 0.333. The number of nitrogens with zero attached hydrogens (tertiary/aromatic N) is 2. The molecule has 0 aliphatic rings. The van der Waals surface area contributed by atoms with Gasteiger partial charge in [-0.25, -0.2) is 0 Å². The zero-order valence-electron chi connectivity index (χ0n) is 9.88. The second-order valence-electron chi connectivity index (χ2n) is 3.74. The van der Waals surface area contributed by atoms with Crippen molar-refractivity contribution in [3.8, 4) is 0 Å². The summed E-state index contributed by atoms with van der Waals surface area (Å²) in [6.45, 7) is 3.85. The van der Waals surface area contributed by atoms with Gasteiger partial charge < -0.3 is 10.2 Å². The predicted octanol–water partition coefficient (Wildman–Crippen LogP) is 2.94. The lowest BCUT2D eigenvalue weighted by Gasteiger charge is -2.12. The van der Waals surface area contributed by atoms with E-state index in [0.29, 0.717) is 11.1 Å². The minimum atomic E-state index is 0.0442. The molecule has 0 saturated carbocycles. The summed E-state index contributed by atoms with van der Waals surface area (Å²) in [5.41, 5.74) is 7.20. The smallest absolute Gasteiger partial charge is 0.281 e. The Labute approximate surface area is 105 Å². The zero-order valence-corrected chi connectivity index (χ0v) is 10.7. The molecule has 1 heterocycles. The molecule has 2 rings (SSSR count). The van der Waals surface area contributed by atoms with E-state index in [1.54, 1.807) is 6.92 Å². The van der Waals surface area contributed by atoms with E-state index in [1.807, 2.05) is 24.3 Å². The molecule has 0 aliphatic carbocycles. The third-order valence-electron chi connectivity index (χ3n) is 2.46. The van der Waals surface area contributed by atoms with E-state index in [2.05, 4.69) is 17.1 Å². The van der Waals surface area contributed by atoms with E-state index < -0.39 is 0 Å². The lowest BCUT2D eigenvalue weighted by atomic mass is 10.1. The molecule has 2 aromatic rings. The van der Waals surface area contributed by atoms with E-state index in [4.69, 9.17) is 10.2 Å². The first-order valence-electron chi connectivity index (χ1n) is 5.53. The molecule has 5 heteroatoms. The van der Waals surface area contributed by atoms with Crippen molar-refractivity contribution in [2.45, 2.75) is 36.4 Å². The van der Waals surface area contributed by atoms with Crippen molar-refractivity contribution in [3.05, 3.63) is 35.7 Å². The summed E-state index contributed by atoms with van der Waals surface area (Å²) in [7, 11) is 0. The summed E-state index contributed by atoms with van der Waals surface area (Å²) in [5.74, 6) is 0.574. The summed E-state index contributed by atoms with van der Waals surface area (Å²) in [5, 5.41) is 8.34. The standard InChI is InChI=1S/C12H15N3OS/c1-3-10(13)9-6-4-5-7-11(9)17-12-15-14-8(2)16-12/h4-7,10H,3,13H2,1-2H3/t10-/m0/s1. The fourth-order valence-electron chi connectivity index (χ4n) is 1.51. The van der Waals surface area contributed by atoms with Crippen LogP contribution in [0.2, 0.25) is 0 Å². The Balaban J connectivity index is 2.26. The van der Waals surface area contributed by atoms with Crippen LogP contribution >= 0.6 is 11.8 Å². The maximum absolute atomic E-state index is 6.07. The predicted molar refractivity (Wildman–Crippen MR) is 66.8 cm³/mol. The molecular formula is C12H15N3OS. The molecule has 1 atom stereocenters. The molecule has 0 aliphatic heterocycles. The van der Waals surface area contributed by atoms with Gasteiger partial charge in [0, 0.05) is 17.9 Å². The fourth-order valence-corrected chi connectivity index (χ4v) is 2.43. The van der Waals surface area contributed by atoms with Crippen molar-refractivity contribution in [1.29, 1.82) is 0 Å². The number of benzene rings is 1. The van der Waals surface area contributed by atoms with Crippen LogP contribution in [-0.4, -0.2) is 10.2 Å². The molecule has 0 bridgehead atoms. The number of aryl methyl sites for hydroxylation is 1. The molecule has 0 saturated heterocycles. The molecule has 4 nitrogen and oxygen atoms in total. The average Bonchev–Trinajstić information content (AvgIpc) is 2.74. The first kappa shape index (κ1) is 12.1. The molecule has 90 valence electrons. The van der Waals surface area contributed by atoms with Gasteiger partial charge in [0.05, 0.1) is 0 Å². The Bertz CT molecular complexity index is 498. The number of aromatic nitrogens is 2. The van der Waals surface area contributed by atoms with Crippen LogP contribution in [-0.2, 0) is 0 Å². The van der Waals surface area contributed by atoms with Crippen LogP contribution in [0.1, 0.15) is 30.8 Å². The topological polar surface area (TPSA) is 64.9 Å². The number of rotatable bonds is 4. The monoisotopic (exact) mass is 249 g/mol. The maximum atomic E-state index is 6.07. The Morgan fingerprint density at radius 3 is 2.76 bits per heavy atom. The highest BCUT2D eigenvalue weighted by Crippen LogP contribution is 2.32. The van der Waals surface area contributed by atoms with Crippen LogP contribution in [0.5, 0.6) is 0 Å². The number of hydrogen-bond donors (Lipinski definition) is 1. The van der Waals surface area contributed by atoms with Crippen LogP contribution in [0.15, 0.2) is 38.8 Å². The highest BCUT2D eigenvalue weighted by Gasteiger charge is 2.12. The average molecular weight is 249 g/mol. The molecule has 0 fully saturated rings. The zero-order chi connectivity index (χ0) is 12.3. The molecule has 0 amide bonds. The van der Waals surface area contributed by atoms with Crippen LogP contribution < -0.4 is 5.73 Å². The Morgan fingerprint density at radius 2 is 2.12 bits per heavy atom. The highest BCUT2D eigenvalue weighted by atomic mass is 32.2. The number of nitrogens with two attached hydrogens (primary N) is 1. The minimum Gasteiger partial charge on any atom is -0.416 e. The lowest BCUT2D eigenvalue weighted by molar-refractivity contribution is 0.429. The third-order valence-corrected chi connectivity index (χ3v) is 3.39. The molecule has 0 spiro atoms. The molecular weight excluding hydrogens is 234 g/mol. The summed E-state index contributed by atoms with van der Waals surface area (Å²) in [6.07, 6.45) is 0.903. The van der Waals surface area contributed by atoms with E-state index >= 15 is 0 Å². The van der Waals surface area contributed by atoms with Gasteiger partial charge in [0.1, 0.15) is 0 Å². The minimum absolute atomic E-state index is 0.0442. The van der Waals surface area contributed by atoms with Gasteiger partial charge >= 0.3 is 0 Å². The molecule has 0 radical (unpaired) electrons. The molecule has 1 aromatic heterocycles. The van der Waals surface area contributed by atoms with Gasteiger partial charge in [-0.15, -0.1) is 10.2 Å². The van der Waals surface area contributed by atoms with Crippen LogP contribution in [0, 0.1) is 6.92 Å². The Hall–Kier alpha value is -1.33. The van der Waals surface area contributed by atoms with Gasteiger partial charge in [-0.3, -0.25) is 0 Å². The Kier molecular flexibility index (Phi) is 3.81. The quantitative estimate of drug-likeness (QED) is 0.902. The van der Waals surface area contributed by atoms with E-state index in [-0.39, 0.29) is 6.04 Å². The molecule has 17 heavy (non-hydrogen) atoms. The molecule has 1 aromatic carbocycles. The van der Waals surface area contributed by atoms with Crippen molar-refractivity contribution in [1.82, 2.24) is 10.2 Å². The first-order valence-corrected chi connectivity index (χ1v) is 6.34. The van der Waals surface area contributed by atoms with Crippen molar-refractivity contribution in [2.75, 3.05) is 0 Å². The first-order chi connectivity index (χ1) is 8.20. The van der Waals surface area contributed by atoms with Crippen molar-refractivity contribution >= 4 is 11.8 Å².